The van der Waals surface area contributed by atoms with Crippen LogP contribution < -0.4 is 0 Å². The normalized spacial score (nSPS) is 34.8. The zero-order valence-corrected chi connectivity index (χ0v) is 16.2. The second kappa shape index (κ2) is 7.77. The Morgan fingerprint density at radius 2 is 1.75 bits per heavy atom. The van der Waals surface area contributed by atoms with Gasteiger partial charge in [0.15, 0.2) is 0 Å². The lowest BCUT2D eigenvalue weighted by atomic mass is 9.77. The van der Waals surface area contributed by atoms with Crippen molar-refractivity contribution in [1.29, 1.82) is 0 Å². The van der Waals surface area contributed by atoms with Crippen molar-refractivity contribution in [2.75, 3.05) is 55.9 Å². The summed E-state index contributed by atoms with van der Waals surface area (Å²) in [6.07, 6.45) is 5.43. The molecule has 4 heterocycles. The van der Waals surface area contributed by atoms with E-state index in [4.69, 9.17) is 4.74 Å². The maximum absolute atomic E-state index is 13.4. The Balaban J connectivity index is 1.43. The minimum atomic E-state index is -0.0712. The Morgan fingerprint density at radius 1 is 1.00 bits per heavy atom. The van der Waals surface area contributed by atoms with Crippen LogP contribution in [0.3, 0.4) is 0 Å². The summed E-state index contributed by atoms with van der Waals surface area (Å²) in [5.74, 6) is 5.55. The van der Waals surface area contributed by atoms with E-state index in [1.165, 1.54) is 29.4 Å². The van der Waals surface area contributed by atoms with Gasteiger partial charge >= 0.3 is 0 Å². The minimum absolute atomic E-state index is 0.0712. The lowest BCUT2D eigenvalue weighted by Gasteiger charge is -2.44. The van der Waals surface area contributed by atoms with Gasteiger partial charge in [0.05, 0.1) is 5.41 Å². The second-order valence-electron chi connectivity index (χ2n) is 7.75. The molecule has 4 saturated heterocycles. The summed E-state index contributed by atoms with van der Waals surface area (Å²) in [5, 5.41) is 0. The number of likely N-dealkylation sites (tertiary alicyclic amines) is 2. The molecule has 1 amide bonds. The molecule has 1 unspecified atom stereocenters. The molecular weight excluding hydrogens is 340 g/mol. The van der Waals surface area contributed by atoms with Gasteiger partial charge in [-0.3, -0.25) is 9.69 Å². The fraction of sp³-hybridized carbons (Fsp3) is 0.944. The molecule has 0 N–H and O–H groups in total. The lowest BCUT2D eigenvalue weighted by Crippen LogP contribution is -2.55. The van der Waals surface area contributed by atoms with Crippen molar-refractivity contribution in [2.24, 2.45) is 5.41 Å². The molecular formula is C18H30N2O2S2. The number of rotatable bonds is 2. The van der Waals surface area contributed by atoms with Gasteiger partial charge in [-0.05, 0) is 38.6 Å². The van der Waals surface area contributed by atoms with Crippen LogP contribution in [0.4, 0.5) is 0 Å². The number of ether oxygens (including phenoxy) is 1. The first-order valence-electron chi connectivity index (χ1n) is 9.57. The SMILES string of the molecule is O=C1N(C2CCOCC2)CCCC12CCN(C1CSCCSC1)C2. The first-order chi connectivity index (χ1) is 11.8. The second-order valence-corrected chi connectivity index (χ2v) is 10.0. The Kier molecular flexibility index (Phi) is 5.66. The van der Waals surface area contributed by atoms with E-state index in [0.717, 1.165) is 58.5 Å². The van der Waals surface area contributed by atoms with Crippen molar-refractivity contribution < 1.29 is 9.53 Å². The van der Waals surface area contributed by atoms with Gasteiger partial charge in [-0.2, -0.15) is 23.5 Å². The number of amides is 1. The molecule has 4 fully saturated rings. The highest BCUT2D eigenvalue weighted by Crippen LogP contribution is 2.42. The molecule has 0 aromatic rings. The zero-order valence-electron chi connectivity index (χ0n) is 14.6. The first-order valence-corrected chi connectivity index (χ1v) is 11.9. The Morgan fingerprint density at radius 3 is 2.50 bits per heavy atom. The third kappa shape index (κ3) is 3.49. The quantitative estimate of drug-likeness (QED) is 0.745. The van der Waals surface area contributed by atoms with Gasteiger partial charge in [0.2, 0.25) is 5.91 Å². The monoisotopic (exact) mass is 370 g/mol. The summed E-state index contributed by atoms with van der Waals surface area (Å²) in [5.41, 5.74) is -0.0712. The maximum Gasteiger partial charge on any atom is 0.230 e. The van der Waals surface area contributed by atoms with Crippen LogP contribution in [0.5, 0.6) is 0 Å². The van der Waals surface area contributed by atoms with E-state index in [2.05, 4.69) is 33.3 Å². The van der Waals surface area contributed by atoms with Crippen molar-refractivity contribution in [3.05, 3.63) is 0 Å². The molecule has 0 aromatic carbocycles. The summed E-state index contributed by atoms with van der Waals surface area (Å²) in [4.78, 5) is 18.3. The van der Waals surface area contributed by atoms with Crippen LogP contribution in [0.25, 0.3) is 0 Å². The van der Waals surface area contributed by atoms with Crippen LogP contribution in [-0.2, 0) is 9.53 Å². The van der Waals surface area contributed by atoms with Gasteiger partial charge in [-0.15, -0.1) is 0 Å². The maximum atomic E-state index is 13.4. The smallest absolute Gasteiger partial charge is 0.230 e. The average Bonchev–Trinajstić information content (AvgIpc) is 2.86. The van der Waals surface area contributed by atoms with E-state index in [1.54, 1.807) is 0 Å². The number of nitrogens with zero attached hydrogens (tertiary/aromatic N) is 2. The van der Waals surface area contributed by atoms with Gasteiger partial charge in [-0.25, -0.2) is 0 Å². The standard InChI is InChI=1S/C18H30N2O2S2/c21-17-18(4-1-6-20(17)15-2-8-22-9-3-15)5-7-19(14-18)16-12-23-10-11-24-13-16/h15-16H,1-14H2. The molecule has 0 aromatic heterocycles. The van der Waals surface area contributed by atoms with Gasteiger partial charge in [0.1, 0.15) is 0 Å². The van der Waals surface area contributed by atoms with Crippen LogP contribution in [0, 0.1) is 5.41 Å². The van der Waals surface area contributed by atoms with Crippen molar-refractivity contribution in [3.8, 4) is 0 Å². The Hall–Kier alpha value is 0.0900. The first kappa shape index (κ1) is 17.5. The molecule has 4 aliphatic heterocycles. The average molecular weight is 371 g/mol. The van der Waals surface area contributed by atoms with Crippen molar-refractivity contribution in [1.82, 2.24) is 9.80 Å². The largest absolute Gasteiger partial charge is 0.381 e. The predicted molar refractivity (Wildman–Crippen MR) is 102 cm³/mol. The molecule has 0 saturated carbocycles. The van der Waals surface area contributed by atoms with Crippen molar-refractivity contribution in [2.45, 2.75) is 44.2 Å². The fourth-order valence-electron chi connectivity index (χ4n) is 4.86. The van der Waals surface area contributed by atoms with Crippen LogP contribution in [0.15, 0.2) is 0 Å². The number of carbonyl (C=O) groups excluding carboxylic acids is 1. The summed E-state index contributed by atoms with van der Waals surface area (Å²) in [6.45, 7) is 4.76. The molecule has 136 valence electrons. The predicted octanol–water partition coefficient (Wildman–Crippen LogP) is 2.33. The van der Waals surface area contributed by atoms with Crippen molar-refractivity contribution >= 4 is 29.4 Å². The van der Waals surface area contributed by atoms with E-state index >= 15 is 0 Å². The van der Waals surface area contributed by atoms with Gasteiger partial charge in [0.25, 0.3) is 0 Å². The van der Waals surface area contributed by atoms with Gasteiger partial charge in [-0.1, -0.05) is 0 Å². The highest BCUT2D eigenvalue weighted by atomic mass is 32.2. The van der Waals surface area contributed by atoms with E-state index in [1.807, 2.05) is 0 Å². The third-order valence-electron chi connectivity index (χ3n) is 6.29. The number of thioether (sulfide) groups is 2. The van der Waals surface area contributed by atoms with Crippen LogP contribution in [-0.4, -0.2) is 83.7 Å². The molecule has 0 radical (unpaired) electrons. The van der Waals surface area contributed by atoms with E-state index < -0.39 is 0 Å². The topological polar surface area (TPSA) is 32.8 Å². The van der Waals surface area contributed by atoms with Crippen LogP contribution in [0.1, 0.15) is 32.1 Å². The molecule has 4 rings (SSSR count). The molecule has 4 aliphatic rings. The lowest BCUT2D eigenvalue weighted by molar-refractivity contribution is -0.150. The molecule has 0 aliphatic carbocycles. The van der Waals surface area contributed by atoms with Crippen LogP contribution >= 0.6 is 23.5 Å². The van der Waals surface area contributed by atoms with E-state index in [0.29, 0.717) is 18.0 Å². The highest BCUT2D eigenvalue weighted by molar-refractivity contribution is 8.03. The summed E-state index contributed by atoms with van der Waals surface area (Å²) >= 11 is 4.20. The van der Waals surface area contributed by atoms with Crippen molar-refractivity contribution in [3.63, 3.8) is 0 Å². The molecule has 0 bridgehead atoms. The molecule has 4 nitrogen and oxygen atoms in total. The minimum Gasteiger partial charge on any atom is -0.381 e. The van der Waals surface area contributed by atoms with E-state index in [-0.39, 0.29) is 5.41 Å². The molecule has 24 heavy (non-hydrogen) atoms. The molecule has 6 heteroatoms. The Labute approximate surface area is 154 Å². The number of piperidine rings is 1. The number of hydrogen-bond donors (Lipinski definition) is 0. The number of hydrogen-bond acceptors (Lipinski definition) is 5. The molecule has 1 spiro atoms. The number of carbonyl (C=O) groups is 1. The third-order valence-corrected chi connectivity index (χ3v) is 8.78. The van der Waals surface area contributed by atoms with E-state index in [9.17, 15) is 4.79 Å². The van der Waals surface area contributed by atoms with Crippen LogP contribution in [0.2, 0.25) is 0 Å². The molecule has 1 atom stereocenters. The fourth-order valence-corrected chi connectivity index (χ4v) is 7.48. The summed E-state index contributed by atoms with van der Waals surface area (Å²) in [7, 11) is 0. The zero-order chi connectivity index (χ0) is 16.4. The van der Waals surface area contributed by atoms with Gasteiger partial charge < -0.3 is 9.64 Å². The summed E-state index contributed by atoms with van der Waals surface area (Å²) < 4.78 is 5.50. The van der Waals surface area contributed by atoms with Gasteiger partial charge in [0, 0.05) is 61.4 Å². The highest BCUT2D eigenvalue weighted by Gasteiger charge is 2.50. The Bertz CT molecular complexity index is 450. The summed E-state index contributed by atoms with van der Waals surface area (Å²) in [6, 6.07) is 1.11.